The summed E-state index contributed by atoms with van der Waals surface area (Å²) >= 11 is 0. The Morgan fingerprint density at radius 3 is 2.41 bits per heavy atom. The average Bonchev–Trinajstić information content (AvgIpc) is 2.77. The number of methoxy groups -OCH3 is 2. The fourth-order valence-electron chi connectivity index (χ4n) is 3.49. The molecule has 0 bridgehead atoms. The zero-order chi connectivity index (χ0) is 20.9. The number of hydrogen-bond donors (Lipinski definition) is 1. The van der Waals surface area contributed by atoms with Gasteiger partial charge in [-0.2, -0.15) is 4.31 Å². The second kappa shape index (κ2) is 9.28. The van der Waals surface area contributed by atoms with Gasteiger partial charge in [-0.1, -0.05) is 30.7 Å². The van der Waals surface area contributed by atoms with E-state index in [4.69, 9.17) is 9.47 Å². The third kappa shape index (κ3) is 4.54. The number of rotatable bonds is 7. The van der Waals surface area contributed by atoms with E-state index in [0.29, 0.717) is 24.6 Å². The molecule has 0 radical (unpaired) electrons. The number of benzene rings is 2. The molecule has 1 amide bonds. The molecule has 1 heterocycles. The maximum atomic E-state index is 13.1. The molecule has 0 unspecified atom stereocenters. The Morgan fingerprint density at radius 2 is 1.72 bits per heavy atom. The summed E-state index contributed by atoms with van der Waals surface area (Å²) in [4.78, 5) is 12.9. The molecule has 8 heteroatoms. The first-order chi connectivity index (χ1) is 14.0. The minimum absolute atomic E-state index is 0.0389. The Kier molecular flexibility index (Phi) is 6.76. The van der Waals surface area contributed by atoms with E-state index in [1.54, 1.807) is 31.4 Å². The van der Waals surface area contributed by atoms with Crippen molar-refractivity contribution in [3.8, 4) is 11.5 Å². The van der Waals surface area contributed by atoms with E-state index in [9.17, 15) is 13.2 Å². The van der Waals surface area contributed by atoms with E-state index in [1.807, 2.05) is 6.07 Å². The van der Waals surface area contributed by atoms with E-state index >= 15 is 0 Å². The fraction of sp³-hybridized carbons (Fsp3) is 0.381. The van der Waals surface area contributed by atoms with Crippen LogP contribution in [0, 0.1) is 0 Å². The SMILES string of the molecule is COc1cccc(CNC(=O)c2ccccc2S(=O)(=O)N2CCCCC2)c1OC. The molecule has 3 rings (SSSR count). The van der Waals surface area contributed by atoms with E-state index in [1.165, 1.54) is 23.5 Å². The highest BCUT2D eigenvalue weighted by Crippen LogP contribution is 2.30. The summed E-state index contributed by atoms with van der Waals surface area (Å²) in [5, 5.41) is 2.80. The predicted molar refractivity (Wildman–Crippen MR) is 110 cm³/mol. The van der Waals surface area contributed by atoms with Crippen LogP contribution in [0.5, 0.6) is 11.5 Å². The van der Waals surface area contributed by atoms with Crippen LogP contribution in [-0.4, -0.2) is 45.9 Å². The van der Waals surface area contributed by atoms with Crippen molar-refractivity contribution in [3.63, 3.8) is 0 Å². The van der Waals surface area contributed by atoms with Crippen molar-refractivity contribution < 1.29 is 22.7 Å². The van der Waals surface area contributed by atoms with Gasteiger partial charge in [0.2, 0.25) is 10.0 Å². The molecule has 1 N–H and O–H groups in total. The lowest BCUT2D eigenvalue weighted by molar-refractivity contribution is 0.0947. The van der Waals surface area contributed by atoms with Gasteiger partial charge in [0.05, 0.1) is 24.7 Å². The van der Waals surface area contributed by atoms with Gasteiger partial charge in [-0.3, -0.25) is 4.79 Å². The number of para-hydroxylation sites is 1. The topological polar surface area (TPSA) is 84.9 Å². The first-order valence-electron chi connectivity index (χ1n) is 9.56. The molecular weight excluding hydrogens is 392 g/mol. The van der Waals surface area contributed by atoms with Crippen LogP contribution >= 0.6 is 0 Å². The van der Waals surface area contributed by atoms with Crippen molar-refractivity contribution in [2.75, 3.05) is 27.3 Å². The first kappa shape index (κ1) is 21.1. The summed E-state index contributed by atoms with van der Waals surface area (Å²) in [7, 11) is -0.641. The lowest BCUT2D eigenvalue weighted by atomic mass is 10.1. The quantitative estimate of drug-likeness (QED) is 0.747. The summed E-state index contributed by atoms with van der Waals surface area (Å²) in [6.07, 6.45) is 2.70. The van der Waals surface area contributed by atoms with Crippen LogP contribution in [-0.2, 0) is 16.6 Å². The largest absolute Gasteiger partial charge is 0.493 e. The summed E-state index contributed by atoms with van der Waals surface area (Å²) < 4.78 is 38.3. The fourth-order valence-corrected chi connectivity index (χ4v) is 5.19. The number of nitrogens with one attached hydrogen (secondary N) is 1. The molecule has 1 saturated heterocycles. The smallest absolute Gasteiger partial charge is 0.252 e. The second-order valence-corrected chi connectivity index (χ2v) is 8.70. The number of ether oxygens (including phenoxy) is 2. The molecule has 1 aliphatic heterocycles. The van der Waals surface area contributed by atoms with Gasteiger partial charge in [-0.25, -0.2) is 8.42 Å². The summed E-state index contributed by atoms with van der Waals surface area (Å²) in [5.41, 5.74) is 0.872. The Labute approximate surface area is 171 Å². The molecular formula is C21H26N2O5S. The summed E-state index contributed by atoms with van der Waals surface area (Å²) in [6, 6.07) is 11.7. The van der Waals surface area contributed by atoms with Crippen LogP contribution in [0.1, 0.15) is 35.2 Å². The third-order valence-corrected chi connectivity index (χ3v) is 6.95. The molecule has 29 heavy (non-hydrogen) atoms. The van der Waals surface area contributed by atoms with Crippen molar-refractivity contribution in [1.82, 2.24) is 9.62 Å². The highest BCUT2D eigenvalue weighted by molar-refractivity contribution is 7.89. The van der Waals surface area contributed by atoms with Crippen LogP contribution in [0.2, 0.25) is 0 Å². The van der Waals surface area contributed by atoms with Crippen LogP contribution in [0.3, 0.4) is 0 Å². The van der Waals surface area contributed by atoms with Crippen LogP contribution < -0.4 is 14.8 Å². The van der Waals surface area contributed by atoms with Gasteiger partial charge in [0.25, 0.3) is 5.91 Å². The maximum Gasteiger partial charge on any atom is 0.252 e. The molecule has 2 aromatic rings. The molecule has 156 valence electrons. The number of carbonyl (C=O) groups is 1. The number of piperidine rings is 1. The monoisotopic (exact) mass is 418 g/mol. The molecule has 0 aromatic heterocycles. The van der Waals surface area contributed by atoms with E-state index in [-0.39, 0.29) is 17.0 Å². The summed E-state index contributed by atoms with van der Waals surface area (Å²) in [5.74, 6) is 0.642. The first-order valence-corrected chi connectivity index (χ1v) is 11.0. The van der Waals surface area contributed by atoms with Gasteiger partial charge in [0.15, 0.2) is 11.5 Å². The molecule has 0 aliphatic carbocycles. The van der Waals surface area contributed by atoms with Crippen molar-refractivity contribution in [2.24, 2.45) is 0 Å². The number of amides is 1. The molecule has 1 aliphatic rings. The van der Waals surface area contributed by atoms with E-state index in [0.717, 1.165) is 24.8 Å². The number of sulfonamides is 1. The Morgan fingerprint density at radius 1 is 1.00 bits per heavy atom. The van der Waals surface area contributed by atoms with Crippen molar-refractivity contribution in [3.05, 3.63) is 53.6 Å². The van der Waals surface area contributed by atoms with Gasteiger partial charge in [-0.05, 0) is 31.0 Å². The number of carbonyl (C=O) groups excluding carboxylic acids is 1. The molecule has 0 spiro atoms. The second-order valence-electron chi connectivity index (χ2n) is 6.80. The van der Waals surface area contributed by atoms with Crippen molar-refractivity contribution in [2.45, 2.75) is 30.7 Å². The van der Waals surface area contributed by atoms with Crippen LogP contribution in [0.15, 0.2) is 47.4 Å². The Balaban J connectivity index is 1.83. The lowest BCUT2D eigenvalue weighted by Gasteiger charge is -2.26. The lowest BCUT2D eigenvalue weighted by Crippen LogP contribution is -2.37. The van der Waals surface area contributed by atoms with Crippen molar-refractivity contribution in [1.29, 1.82) is 0 Å². The van der Waals surface area contributed by atoms with Gasteiger partial charge in [0.1, 0.15) is 0 Å². The Hall–Kier alpha value is -2.58. The highest BCUT2D eigenvalue weighted by Gasteiger charge is 2.29. The average molecular weight is 419 g/mol. The molecule has 2 aromatic carbocycles. The normalized spacial score (nSPS) is 15.0. The van der Waals surface area contributed by atoms with Crippen LogP contribution in [0.4, 0.5) is 0 Å². The van der Waals surface area contributed by atoms with Gasteiger partial charge in [0, 0.05) is 25.2 Å². The van der Waals surface area contributed by atoms with Crippen LogP contribution in [0.25, 0.3) is 0 Å². The molecule has 7 nitrogen and oxygen atoms in total. The summed E-state index contributed by atoms with van der Waals surface area (Å²) in [6.45, 7) is 1.15. The minimum atomic E-state index is -3.72. The standard InChI is InChI=1S/C21H26N2O5S/c1-27-18-11-8-9-16(20(18)28-2)15-22-21(24)17-10-4-5-12-19(17)29(25,26)23-13-6-3-7-14-23/h4-5,8-12H,3,6-7,13-15H2,1-2H3,(H,22,24). The minimum Gasteiger partial charge on any atom is -0.493 e. The molecule has 0 atom stereocenters. The van der Waals surface area contributed by atoms with E-state index < -0.39 is 15.9 Å². The number of nitrogens with zero attached hydrogens (tertiary/aromatic N) is 1. The maximum absolute atomic E-state index is 13.1. The van der Waals surface area contributed by atoms with E-state index in [2.05, 4.69) is 5.32 Å². The highest BCUT2D eigenvalue weighted by atomic mass is 32.2. The zero-order valence-corrected chi connectivity index (χ0v) is 17.5. The van der Waals surface area contributed by atoms with Gasteiger partial charge < -0.3 is 14.8 Å². The van der Waals surface area contributed by atoms with Crippen molar-refractivity contribution >= 4 is 15.9 Å². The zero-order valence-electron chi connectivity index (χ0n) is 16.7. The molecule has 0 saturated carbocycles. The Bertz CT molecular complexity index is 969. The molecule has 1 fully saturated rings. The van der Waals surface area contributed by atoms with Gasteiger partial charge >= 0.3 is 0 Å². The number of hydrogen-bond acceptors (Lipinski definition) is 5. The third-order valence-electron chi connectivity index (χ3n) is 4.99. The van der Waals surface area contributed by atoms with Gasteiger partial charge in [-0.15, -0.1) is 0 Å². The predicted octanol–water partition coefficient (Wildman–Crippen LogP) is 2.81.